The van der Waals surface area contributed by atoms with Gasteiger partial charge in [0, 0.05) is 13.0 Å². The molecule has 0 radical (unpaired) electrons. The monoisotopic (exact) mass is 257 g/mol. The molecular formula is C13H23NO4. The summed E-state index contributed by atoms with van der Waals surface area (Å²) in [6.07, 6.45) is 4.57. The van der Waals surface area contributed by atoms with Gasteiger partial charge in [-0.15, -0.1) is 0 Å². The van der Waals surface area contributed by atoms with Gasteiger partial charge in [-0.05, 0) is 39.5 Å². The highest BCUT2D eigenvalue weighted by atomic mass is 16.5. The first kappa shape index (κ1) is 15.0. The van der Waals surface area contributed by atoms with Crippen molar-refractivity contribution in [3.05, 3.63) is 0 Å². The summed E-state index contributed by atoms with van der Waals surface area (Å²) >= 11 is 0. The molecule has 5 nitrogen and oxygen atoms in total. The summed E-state index contributed by atoms with van der Waals surface area (Å²) in [7, 11) is 1.31. The molecule has 1 fully saturated rings. The molecule has 0 aliphatic carbocycles. The zero-order valence-electron chi connectivity index (χ0n) is 11.5. The summed E-state index contributed by atoms with van der Waals surface area (Å²) < 4.78 is 10.2. The van der Waals surface area contributed by atoms with E-state index in [1.54, 1.807) is 13.8 Å². The number of methoxy groups -OCH3 is 1. The van der Waals surface area contributed by atoms with Crippen LogP contribution in [0.3, 0.4) is 0 Å². The van der Waals surface area contributed by atoms with Gasteiger partial charge in [-0.2, -0.15) is 0 Å². The molecule has 0 aromatic carbocycles. The minimum atomic E-state index is -0.973. The number of hydrogen-bond donors (Lipinski definition) is 1. The van der Waals surface area contributed by atoms with E-state index in [0.29, 0.717) is 12.8 Å². The van der Waals surface area contributed by atoms with Crippen LogP contribution in [0.2, 0.25) is 0 Å². The topological polar surface area (TPSA) is 64.6 Å². The van der Waals surface area contributed by atoms with Crippen LogP contribution in [0.5, 0.6) is 0 Å². The first-order valence-electron chi connectivity index (χ1n) is 6.47. The highest BCUT2D eigenvalue weighted by Gasteiger charge is 2.30. The van der Waals surface area contributed by atoms with Gasteiger partial charge in [0.05, 0.1) is 13.2 Å². The number of carbonyl (C=O) groups is 2. The first-order valence-corrected chi connectivity index (χ1v) is 6.47. The van der Waals surface area contributed by atoms with E-state index in [1.165, 1.54) is 13.5 Å². The second kappa shape index (κ2) is 6.73. The van der Waals surface area contributed by atoms with Crippen LogP contribution in [-0.4, -0.2) is 37.2 Å². The van der Waals surface area contributed by atoms with Crippen molar-refractivity contribution < 1.29 is 19.1 Å². The molecule has 5 heteroatoms. The lowest BCUT2D eigenvalue weighted by molar-refractivity contribution is -0.149. The van der Waals surface area contributed by atoms with Crippen molar-refractivity contribution in [3.63, 3.8) is 0 Å². The standard InChI is InChI=1S/C13H23NO4/c1-13(2,12(16)17-3)14-11(15)8-7-10-6-4-5-9-18-10/h10H,4-9H2,1-3H3,(H,14,15)/t10-/m1/s1. The van der Waals surface area contributed by atoms with Gasteiger partial charge in [0.2, 0.25) is 5.91 Å². The summed E-state index contributed by atoms with van der Waals surface area (Å²) in [5.41, 5.74) is -0.973. The largest absolute Gasteiger partial charge is 0.467 e. The van der Waals surface area contributed by atoms with Crippen LogP contribution >= 0.6 is 0 Å². The molecule has 1 heterocycles. The molecule has 1 amide bonds. The fraction of sp³-hybridized carbons (Fsp3) is 0.846. The number of rotatable bonds is 5. The van der Waals surface area contributed by atoms with Crippen molar-refractivity contribution in [2.75, 3.05) is 13.7 Å². The minimum absolute atomic E-state index is 0.139. The normalized spacial score (nSPS) is 20.3. The Kier molecular flexibility index (Phi) is 5.59. The fourth-order valence-electron chi connectivity index (χ4n) is 2.04. The Morgan fingerprint density at radius 1 is 1.39 bits per heavy atom. The van der Waals surface area contributed by atoms with E-state index in [-0.39, 0.29) is 12.0 Å². The molecule has 0 saturated carbocycles. The summed E-state index contributed by atoms with van der Waals surface area (Å²) in [6.45, 7) is 4.06. The van der Waals surface area contributed by atoms with Crippen molar-refractivity contribution >= 4 is 11.9 Å². The maximum atomic E-state index is 11.7. The Morgan fingerprint density at radius 3 is 2.67 bits per heavy atom. The van der Waals surface area contributed by atoms with Gasteiger partial charge in [-0.25, -0.2) is 4.79 Å². The first-order chi connectivity index (χ1) is 8.45. The van der Waals surface area contributed by atoms with Crippen molar-refractivity contribution in [3.8, 4) is 0 Å². The van der Waals surface area contributed by atoms with Crippen LogP contribution in [-0.2, 0) is 19.1 Å². The SMILES string of the molecule is COC(=O)C(C)(C)NC(=O)CC[C@H]1CCCCO1. The lowest BCUT2D eigenvalue weighted by Gasteiger charge is -2.25. The molecule has 1 atom stereocenters. The smallest absolute Gasteiger partial charge is 0.330 e. The average Bonchev–Trinajstić information content (AvgIpc) is 2.36. The van der Waals surface area contributed by atoms with Gasteiger partial charge in [-0.3, -0.25) is 4.79 Å². The quantitative estimate of drug-likeness (QED) is 0.756. The van der Waals surface area contributed by atoms with Crippen LogP contribution < -0.4 is 5.32 Å². The molecule has 0 aromatic rings. The highest BCUT2D eigenvalue weighted by Crippen LogP contribution is 2.17. The van der Waals surface area contributed by atoms with Crippen LogP contribution in [0.15, 0.2) is 0 Å². The number of carbonyl (C=O) groups excluding carboxylic acids is 2. The molecule has 0 spiro atoms. The molecule has 0 aromatic heterocycles. The predicted molar refractivity (Wildman–Crippen MR) is 67.1 cm³/mol. The molecule has 0 bridgehead atoms. The van der Waals surface area contributed by atoms with Gasteiger partial charge in [0.25, 0.3) is 0 Å². The third-order valence-electron chi connectivity index (χ3n) is 3.11. The molecule has 104 valence electrons. The Bertz CT molecular complexity index is 295. The third-order valence-corrected chi connectivity index (χ3v) is 3.11. The Labute approximate surface area is 108 Å². The average molecular weight is 257 g/mol. The van der Waals surface area contributed by atoms with E-state index >= 15 is 0 Å². The minimum Gasteiger partial charge on any atom is -0.467 e. The van der Waals surface area contributed by atoms with Gasteiger partial charge in [-0.1, -0.05) is 0 Å². The number of ether oxygens (including phenoxy) is 2. The van der Waals surface area contributed by atoms with Gasteiger partial charge >= 0.3 is 5.97 Å². The van der Waals surface area contributed by atoms with E-state index in [2.05, 4.69) is 10.1 Å². The van der Waals surface area contributed by atoms with E-state index in [0.717, 1.165) is 19.4 Å². The fourth-order valence-corrected chi connectivity index (χ4v) is 2.04. The summed E-state index contributed by atoms with van der Waals surface area (Å²) in [5, 5.41) is 2.68. The lowest BCUT2D eigenvalue weighted by Crippen LogP contribution is -2.50. The Balaban J connectivity index is 2.30. The van der Waals surface area contributed by atoms with Crippen LogP contribution in [0, 0.1) is 0 Å². The molecule has 18 heavy (non-hydrogen) atoms. The van der Waals surface area contributed by atoms with Crippen molar-refractivity contribution in [2.24, 2.45) is 0 Å². The number of hydrogen-bond acceptors (Lipinski definition) is 4. The molecule has 1 aliphatic heterocycles. The van der Waals surface area contributed by atoms with E-state index in [9.17, 15) is 9.59 Å². The molecule has 1 N–H and O–H groups in total. The molecule has 1 aliphatic rings. The Morgan fingerprint density at radius 2 is 2.11 bits per heavy atom. The third kappa shape index (κ3) is 4.64. The van der Waals surface area contributed by atoms with Crippen LogP contribution in [0.1, 0.15) is 46.0 Å². The number of nitrogens with one attached hydrogen (secondary N) is 1. The zero-order valence-corrected chi connectivity index (χ0v) is 11.5. The Hall–Kier alpha value is -1.10. The van der Waals surface area contributed by atoms with Gasteiger partial charge in [0.15, 0.2) is 0 Å². The molecule has 1 rings (SSSR count). The van der Waals surface area contributed by atoms with Crippen molar-refractivity contribution in [1.82, 2.24) is 5.32 Å². The zero-order chi connectivity index (χ0) is 13.6. The second-order valence-electron chi connectivity index (χ2n) is 5.19. The van der Waals surface area contributed by atoms with Crippen LogP contribution in [0.25, 0.3) is 0 Å². The van der Waals surface area contributed by atoms with Crippen molar-refractivity contribution in [2.45, 2.75) is 57.6 Å². The summed E-state index contributed by atoms with van der Waals surface area (Å²) in [5.74, 6) is -0.579. The van der Waals surface area contributed by atoms with E-state index in [1.807, 2.05) is 0 Å². The predicted octanol–water partition coefficient (Wildman–Crippen LogP) is 1.40. The highest BCUT2D eigenvalue weighted by molar-refractivity contribution is 5.87. The summed E-state index contributed by atoms with van der Waals surface area (Å²) in [6, 6.07) is 0. The number of amides is 1. The molecule has 1 saturated heterocycles. The van der Waals surface area contributed by atoms with Gasteiger partial charge < -0.3 is 14.8 Å². The van der Waals surface area contributed by atoms with Crippen molar-refractivity contribution in [1.29, 1.82) is 0 Å². The second-order valence-corrected chi connectivity index (χ2v) is 5.19. The maximum absolute atomic E-state index is 11.7. The number of esters is 1. The molecular weight excluding hydrogens is 234 g/mol. The molecule has 0 unspecified atom stereocenters. The summed E-state index contributed by atoms with van der Waals surface area (Å²) in [4.78, 5) is 23.2. The van der Waals surface area contributed by atoms with Gasteiger partial charge in [0.1, 0.15) is 5.54 Å². The lowest BCUT2D eigenvalue weighted by atomic mass is 10.0. The van der Waals surface area contributed by atoms with E-state index in [4.69, 9.17) is 4.74 Å². The van der Waals surface area contributed by atoms with Crippen LogP contribution in [0.4, 0.5) is 0 Å². The van der Waals surface area contributed by atoms with E-state index < -0.39 is 11.5 Å². The maximum Gasteiger partial charge on any atom is 0.330 e.